The van der Waals surface area contributed by atoms with Crippen LogP contribution in [-0.4, -0.2) is 4.98 Å². The van der Waals surface area contributed by atoms with Gasteiger partial charge in [0.1, 0.15) is 0 Å². The predicted octanol–water partition coefficient (Wildman–Crippen LogP) is 2.69. The molecule has 0 aliphatic rings. The molecule has 0 atom stereocenters. The average molecular weight is 369 g/mol. The van der Waals surface area contributed by atoms with Gasteiger partial charge in [0.2, 0.25) is 0 Å². The van der Waals surface area contributed by atoms with Crippen molar-refractivity contribution in [1.29, 1.82) is 0 Å². The minimum Gasteiger partial charge on any atom is -0.305 e. The number of aromatic nitrogens is 1. The topological polar surface area (TPSA) is 12.9 Å². The minimum atomic E-state index is -0.264. The summed E-state index contributed by atoms with van der Waals surface area (Å²) in [5, 5.41) is 0. The molecule has 3 heteroatoms. The number of rotatable bonds is 1. The van der Waals surface area contributed by atoms with Crippen LogP contribution in [0.4, 0.5) is 4.39 Å². The van der Waals surface area contributed by atoms with Crippen LogP contribution in [0, 0.1) is 11.9 Å². The first-order valence-electron chi connectivity index (χ1n) is 3.95. The molecule has 14 heavy (non-hydrogen) atoms. The van der Waals surface area contributed by atoms with E-state index in [1.54, 1.807) is 12.3 Å². The van der Waals surface area contributed by atoms with Gasteiger partial charge in [0, 0.05) is 12.0 Å². The molecule has 1 nitrogen and oxygen atoms in total. The van der Waals surface area contributed by atoms with Gasteiger partial charge in [-0.15, -0.1) is 29.8 Å². The summed E-state index contributed by atoms with van der Waals surface area (Å²) < 4.78 is 12.8. The van der Waals surface area contributed by atoms with Crippen molar-refractivity contribution in [3.05, 3.63) is 54.5 Å². The average Bonchev–Trinajstić information content (AvgIpc) is 2.19. The van der Waals surface area contributed by atoms with Crippen LogP contribution >= 0.6 is 0 Å². The molecule has 74 valence electrons. The zero-order chi connectivity index (χ0) is 9.10. The van der Waals surface area contributed by atoms with Gasteiger partial charge in [0.15, 0.2) is 0 Å². The van der Waals surface area contributed by atoms with Gasteiger partial charge < -0.3 is 4.98 Å². The second-order valence-corrected chi connectivity index (χ2v) is 2.64. The number of pyridine rings is 1. The summed E-state index contributed by atoms with van der Waals surface area (Å²) >= 11 is 0. The van der Waals surface area contributed by atoms with Crippen molar-refractivity contribution >= 4 is 0 Å². The summed E-state index contributed by atoms with van der Waals surface area (Å²) in [4.78, 5) is 4.09. The molecule has 0 saturated heterocycles. The van der Waals surface area contributed by atoms with E-state index in [0.717, 1.165) is 5.69 Å². The monoisotopic (exact) mass is 369 g/mol. The van der Waals surface area contributed by atoms with E-state index >= 15 is 0 Å². The Labute approximate surface area is 97.5 Å². The molecule has 0 bridgehead atoms. The smallest absolute Gasteiger partial charge is 0.305 e. The van der Waals surface area contributed by atoms with Gasteiger partial charge in [0.05, 0.1) is 0 Å². The number of hydrogen-bond donors (Lipinski definition) is 0. The van der Waals surface area contributed by atoms with Crippen LogP contribution in [0.1, 0.15) is 0 Å². The van der Waals surface area contributed by atoms with Crippen molar-refractivity contribution < 1.29 is 26.8 Å². The maximum absolute atomic E-state index is 12.8. The van der Waals surface area contributed by atoms with Crippen molar-refractivity contribution in [3.63, 3.8) is 0 Å². The third-order valence-electron chi connectivity index (χ3n) is 1.70. The van der Waals surface area contributed by atoms with E-state index in [9.17, 15) is 4.39 Å². The molecule has 1 heterocycles. The number of halogens is 1. The Morgan fingerprint density at radius 1 is 1.21 bits per heavy atom. The van der Waals surface area contributed by atoms with Crippen molar-refractivity contribution in [1.82, 2.24) is 4.98 Å². The maximum atomic E-state index is 12.8. The summed E-state index contributed by atoms with van der Waals surface area (Å²) in [6.07, 6.45) is 1.67. The molecule has 2 aromatic rings. The molecule has 0 aliphatic heterocycles. The Kier molecular flexibility index (Phi) is 4.01. The zero-order valence-electron chi connectivity index (χ0n) is 7.17. The normalized spacial score (nSPS) is 9.21. The fourth-order valence-corrected chi connectivity index (χ4v) is 1.11. The third kappa shape index (κ3) is 2.51. The van der Waals surface area contributed by atoms with Crippen LogP contribution in [0.25, 0.3) is 11.3 Å². The van der Waals surface area contributed by atoms with Gasteiger partial charge in [-0.25, -0.2) is 4.39 Å². The second-order valence-electron chi connectivity index (χ2n) is 2.64. The van der Waals surface area contributed by atoms with Gasteiger partial charge >= 0.3 is 22.4 Å². The zero-order valence-corrected chi connectivity index (χ0v) is 9.33. The molecular formula is C11H7AuFN. The first kappa shape index (κ1) is 11.1. The van der Waals surface area contributed by atoms with E-state index in [1.165, 1.54) is 12.1 Å². The van der Waals surface area contributed by atoms with Crippen LogP contribution in [-0.2, 0) is 22.4 Å². The van der Waals surface area contributed by atoms with Crippen LogP contribution in [0.3, 0.4) is 0 Å². The molecule has 0 fully saturated rings. The van der Waals surface area contributed by atoms with Crippen LogP contribution < -0.4 is 0 Å². The number of hydrogen-bond acceptors (Lipinski definition) is 1. The molecule has 0 radical (unpaired) electrons. The van der Waals surface area contributed by atoms with E-state index in [1.807, 2.05) is 18.2 Å². The Morgan fingerprint density at radius 3 is 2.71 bits per heavy atom. The molecule has 0 N–H and O–H groups in total. The SMILES string of the molecule is Fc1cc[c-]c(-c2ccccn2)c1.[Au+]. The fraction of sp³-hybridized carbons (Fsp3) is 0. The molecule has 1 aromatic carbocycles. The van der Waals surface area contributed by atoms with Gasteiger partial charge in [-0.1, -0.05) is 12.1 Å². The van der Waals surface area contributed by atoms with E-state index in [4.69, 9.17) is 0 Å². The minimum absolute atomic E-state index is 0. The first-order valence-corrected chi connectivity index (χ1v) is 3.95. The largest absolute Gasteiger partial charge is 1.00 e. The molecule has 0 aliphatic carbocycles. The Bertz CT molecular complexity index is 403. The van der Waals surface area contributed by atoms with Crippen molar-refractivity contribution in [3.8, 4) is 11.3 Å². The van der Waals surface area contributed by atoms with Crippen LogP contribution in [0.5, 0.6) is 0 Å². The quantitative estimate of drug-likeness (QED) is 0.557. The number of nitrogens with zero attached hydrogens (tertiary/aromatic N) is 1. The van der Waals surface area contributed by atoms with Gasteiger partial charge in [-0.05, 0) is 11.8 Å². The Balaban J connectivity index is 0.000000980. The molecule has 0 saturated carbocycles. The van der Waals surface area contributed by atoms with Gasteiger partial charge in [0.25, 0.3) is 0 Å². The standard InChI is InChI=1S/C11H7FN.Au/c12-10-5-3-4-9(8-10)11-6-1-2-7-13-11;/h1-3,5-8H;/q-1;+1. The van der Waals surface area contributed by atoms with Crippen molar-refractivity contribution in [2.45, 2.75) is 0 Å². The van der Waals surface area contributed by atoms with E-state index in [0.29, 0.717) is 5.56 Å². The summed E-state index contributed by atoms with van der Waals surface area (Å²) in [7, 11) is 0. The Morgan fingerprint density at radius 2 is 2.07 bits per heavy atom. The summed E-state index contributed by atoms with van der Waals surface area (Å²) in [5.41, 5.74) is 1.42. The van der Waals surface area contributed by atoms with Crippen molar-refractivity contribution in [2.24, 2.45) is 0 Å². The van der Waals surface area contributed by atoms with Crippen molar-refractivity contribution in [2.75, 3.05) is 0 Å². The Hall–Kier alpha value is -0.960. The first-order chi connectivity index (χ1) is 6.36. The van der Waals surface area contributed by atoms with E-state index in [2.05, 4.69) is 11.1 Å². The maximum Gasteiger partial charge on any atom is 1.00 e. The molecular weight excluding hydrogens is 362 g/mol. The third-order valence-corrected chi connectivity index (χ3v) is 1.70. The molecule has 1 aromatic heterocycles. The molecule has 0 spiro atoms. The fourth-order valence-electron chi connectivity index (χ4n) is 1.11. The number of benzene rings is 1. The predicted molar refractivity (Wildman–Crippen MR) is 48.5 cm³/mol. The summed E-state index contributed by atoms with van der Waals surface area (Å²) in [5.74, 6) is -0.264. The van der Waals surface area contributed by atoms with Crippen LogP contribution in [0.2, 0.25) is 0 Å². The van der Waals surface area contributed by atoms with Gasteiger partial charge in [-0.3, -0.25) is 0 Å². The second kappa shape index (κ2) is 5.05. The molecule has 2 rings (SSSR count). The summed E-state index contributed by atoms with van der Waals surface area (Å²) in [6, 6.07) is 12.8. The van der Waals surface area contributed by atoms with E-state index < -0.39 is 0 Å². The van der Waals surface area contributed by atoms with Crippen LogP contribution in [0.15, 0.2) is 42.6 Å². The summed E-state index contributed by atoms with van der Waals surface area (Å²) in [6.45, 7) is 0. The van der Waals surface area contributed by atoms with E-state index in [-0.39, 0.29) is 28.2 Å². The van der Waals surface area contributed by atoms with Gasteiger partial charge in [-0.2, -0.15) is 0 Å². The molecule has 0 unspecified atom stereocenters. The molecule has 0 amide bonds.